The van der Waals surface area contributed by atoms with Gasteiger partial charge in [-0.3, -0.25) is 14.5 Å². The number of nitro groups is 1. The molecule has 0 aliphatic carbocycles. The first-order valence-corrected chi connectivity index (χ1v) is 9.03. The zero-order chi connectivity index (χ0) is 21.8. The Morgan fingerprint density at radius 2 is 2.07 bits per heavy atom. The van der Waals surface area contributed by atoms with Crippen LogP contribution in [0, 0.1) is 10.1 Å². The van der Waals surface area contributed by atoms with E-state index in [2.05, 4.69) is 10.3 Å². The van der Waals surface area contributed by atoms with Gasteiger partial charge in [-0.2, -0.15) is 0 Å². The van der Waals surface area contributed by atoms with Crippen LogP contribution < -0.4 is 24.4 Å². The summed E-state index contributed by atoms with van der Waals surface area (Å²) in [6.45, 7) is 1.34. The summed E-state index contributed by atoms with van der Waals surface area (Å²) in [6.07, 6.45) is -0.461. The van der Waals surface area contributed by atoms with Gasteiger partial charge in [-0.25, -0.2) is 0 Å². The molecule has 0 spiro atoms. The molecule has 2 amide bonds. The third-order valence-corrected chi connectivity index (χ3v) is 4.43. The van der Waals surface area contributed by atoms with Crippen molar-refractivity contribution in [2.45, 2.75) is 19.4 Å². The molecular weight excluding hydrogens is 396 g/mol. The second-order valence-electron chi connectivity index (χ2n) is 6.30. The van der Waals surface area contributed by atoms with Gasteiger partial charge in [0.2, 0.25) is 5.91 Å². The maximum atomic E-state index is 12.8. The molecule has 30 heavy (non-hydrogen) atoms. The minimum absolute atomic E-state index is 0.0772. The van der Waals surface area contributed by atoms with Gasteiger partial charge in [-0.1, -0.05) is 6.92 Å². The lowest BCUT2D eigenvalue weighted by Gasteiger charge is -2.30. The Hall–Kier alpha value is -3.89. The van der Waals surface area contributed by atoms with Crippen molar-refractivity contribution in [3.05, 3.63) is 40.4 Å². The summed E-state index contributed by atoms with van der Waals surface area (Å²) in [5.74, 6) is -0.498. The molecule has 1 aromatic heterocycles. The summed E-state index contributed by atoms with van der Waals surface area (Å²) in [4.78, 5) is 40.9. The van der Waals surface area contributed by atoms with Gasteiger partial charge in [-0.15, -0.1) is 0 Å². The van der Waals surface area contributed by atoms with Crippen molar-refractivity contribution in [3.63, 3.8) is 0 Å². The first-order valence-electron chi connectivity index (χ1n) is 9.03. The topological polar surface area (TPSA) is 133 Å². The Bertz CT molecular complexity index is 995. The molecule has 0 bridgehead atoms. The molecule has 2 aromatic rings. The lowest BCUT2D eigenvalue weighted by atomic mass is 10.2. The van der Waals surface area contributed by atoms with Crippen LogP contribution in [0.4, 0.5) is 17.3 Å². The van der Waals surface area contributed by atoms with Crippen molar-refractivity contribution in [1.82, 2.24) is 4.98 Å². The van der Waals surface area contributed by atoms with E-state index in [-0.39, 0.29) is 11.6 Å². The molecule has 1 aromatic carbocycles. The second-order valence-corrected chi connectivity index (χ2v) is 6.30. The van der Waals surface area contributed by atoms with Crippen molar-refractivity contribution in [1.29, 1.82) is 0 Å². The van der Waals surface area contributed by atoms with E-state index in [9.17, 15) is 19.7 Å². The Morgan fingerprint density at radius 3 is 2.70 bits per heavy atom. The fourth-order valence-electron chi connectivity index (χ4n) is 2.95. The Kier molecular flexibility index (Phi) is 6.00. The van der Waals surface area contributed by atoms with Gasteiger partial charge in [0.05, 0.1) is 19.9 Å². The van der Waals surface area contributed by atoms with Gasteiger partial charge < -0.3 is 29.6 Å². The minimum Gasteiger partial charge on any atom is -0.497 e. The molecular formula is C19H20N4O7. The van der Waals surface area contributed by atoms with Crippen LogP contribution >= 0.6 is 0 Å². The molecule has 3 rings (SSSR count). The van der Waals surface area contributed by atoms with Crippen LogP contribution in [-0.4, -0.2) is 48.6 Å². The number of anilines is 2. The molecule has 11 heteroatoms. The largest absolute Gasteiger partial charge is 0.497 e. The van der Waals surface area contributed by atoms with E-state index in [0.717, 1.165) is 4.90 Å². The van der Waals surface area contributed by atoms with E-state index in [0.29, 0.717) is 23.6 Å². The third kappa shape index (κ3) is 4.09. The van der Waals surface area contributed by atoms with E-state index in [1.54, 1.807) is 25.1 Å². The molecule has 0 fully saturated rings. The van der Waals surface area contributed by atoms with Crippen LogP contribution in [0.1, 0.15) is 13.3 Å². The number of amides is 2. The maximum absolute atomic E-state index is 12.8. The van der Waals surface area contributed by atoms with Crippen LogP contribution in [0.2, 0.25) is 0 Å². The lowest BCUT2D eigenvalue weighted by Crippen LogP contribution is -2.49. The van der Waals surface area contributed by atoms with E-state index in [1.165, 1.54) is 26.4 Å². The predicted molar refractivity (Wildman–Crippen MR) is 106 cm³/mol. The lowest BCUT2D eigenvalue weighted by molar-refractivity contribution is -0.389. The summed E-state index contributed by atoms with van der Waals surface area (Å²) in [5, 5.41) is 13.7. The van der Waals surface area contributed by atoms with Crippen molar-refractivity contribution in [2.24, 2.45) is 0 Å². The summed E-state index contributed by atoms with van der Waals surface area (Å²) in [7, 11) is 2.94. The van der Waals surface area contributed by atoms with E-state index in [4.69, 9.17) is 14.2 Å². The highest BCUT2D eigenvalue weighted by atomic mass is 16.6. The summed E-state index contributed by atoms with van der Waals surface area (Å²) in [5.41, 5.74) is 0.349. The average Bonchev–Trinajstić information content (AvgIpc) is 2.74. The first kappa shape index (κ1) is 20.8. The molecule has 1 atom stereocenters. The summed E-state index contributed by atoms with van der Waals surface area (Å²) < 4.78 is 16.0. The van der Waals surface area contributed by atoms with Gasteiger partial charge in [0.1, 0.15) is 18.0 Å². The van der Waals surface area contributed by atoms with E-state index in [1.807, 2.05) is 0 Å². The monoisotopic (exact) mass is 416 g/mol. The molecule has 1 aliphatic heterocycles. The van der Waals surface area contributed by atoms with Gasteiger partial charge in [0.25, 0.3) is 11.7 Å². The van der Waals surface area contributed by atoms with E-state index < -0.39 is 35.2 Å². The number of nitrogens with zero attached hydrogens (tertiary/aromatic N) is 3. The number of ether oxygens (including phenoxy) is 3. The molecule has 158 valence electrons. The van der Waals surface area contributed by atoms with Gasteiger partial charge in [-0.05, 0) is 34.5 Å². The van der Waals surface area contributed by atoms with Crippen LogP contribution in [0.15, 0.2) is 30.3 Å². The Morgan fingerprint density at radius 1 is 1.30 bits per heavy atom. The second kappa shape index (κ2) is 8.64. The van der Waals surface area contributed by atoms with Gasteiger partial charge in [0.15, 0.2) is 11.9 Å². The van der Waals surface area contributed by atoms with Crippen LogP contribution in [-0.2, 0) is 9.59 Å². The number of carbonyl (C=O) groups is 2. The number of methoxy groups -OCH3 is 2. The van der Waals surface area contributed by atoms with Crippen LogP contribution in [0.5, 0.6) is 17.2 Å². The fraction of sp³-hybridized carbons (Fsp3) is 0.316. The highest BCUT2D eigenvalue weighted by Crippen LogP contribution is 2.35. The van der Waals surface area contributed by atoms with Crippen molar-refractivity contribution in [3.8, 4) is 17.2 Å². The average molecular weight is 416 g/mol. The molecule has 2 heterocycles. The number of pyridine rings is 1. The number of benzene rings is 1. The van der Waals surface area contributed by atoms with Crippen molar-refractivity contribution < 1.29 is 28.7 Å². The Labute approximate surface area is 171 Å². The first-order chi connectivity index (χ1) is 14.4. The quantitative estimate of drug-likeness (QED) is 0.536. The number of nitrogens with one attached hydrogen (secondary N) is 1. The molecule has 0 radical (unpaired) electrons. The summed E-state index contributed by atoms with van der Waals surface area (Å²) in [6, 6.07) is 7.42. The number of hydrogen-bond donors (Lipinski definition) is 1. The van der Waals surface area contributed by atoms with Gasteiger partial charge >= 0.3 is 5.82 Å². The minimum atomic E-state index is -0.820. The molecule has 0 saturated heterocycles. The van der Waals surface area contributed by atoms with Crippen molar-refractivity contribution >= 4 is 29.1 Å². The fourth-order valence-corrected chi connectivity index (χ4v) is 2.95. The smallest absolute Gasteiger partial charge is 0.366 e. The molecule has 1 unspecified atom stereocenters. The number of carbonyl (C=O) groups excluding carboxylic acids is 2. The maximum Gasteiger partial charge on any atom is 0.366 e. The zero-order valence-corrected chi connectivity index (χ0v) is 16.6. The highest BCUT2D eigenvalue weighted by Gasteiger charge is 2.39. The molecule has 1 aliphatic rings. The highest BCUT2D eigenvalue weighted by molar-refractivity contribution is 6.06. The summed E-state index contributed by atoms with van der Waals surface area (Å²) >= 11 is 0. The number of rotatable bonds is 7. The van der Waals surface area contributed by atoms with Crippen LogP contribution in [0.25, 0.3) is 0 Å². The predicted octanol–water partition coefficient (Wildman–Crippen LogP) is 2.15. The Balaban J connectivity index is 1.89. The third-order valence-electron chi connectivity index (χ3n) is 4.43. The normalized spacial score (nSPS) is 15.1. The standard InChI is InChI=1S/C19H20N4O7/c1-4-13-19(25)22(18-15(30-13)7-8-16(21-18)23(26)27)10-17(24)20-12-9-11(28-2)5-6-14(12)29-3/h5-9,13H,4,10H2,1-3H3,(H,20,24). The number of hydrogen-bond acceptors (Lipinski definition) is 8. The molecule has 0 saturated carbocycles. The van der Waals surface area contributed by atoms with Gasteiger partial charge in [0, 0.05) is 12.1 Å². The molecule has 11 nitrogen and oxygen atoms in total. The van der Waals surface area contributed by atoms with Crippen molar-refractivity contribution in [2.75, 3.05) is 31.0 Å². The molecule has 1 N–H and O–H groups in total. The number of aromatic nitrogens is 1. The SMILES string of the molecule is CCC1Oc2ccc([N+](=O)[O-])nc2N(CC(=O)Nc2cc(OC)ccc2OC)C1=O. The zero-order valence-electron chi connectivity index (χ0n) is 16.6. The van der Waals surface area contributed by atoms with Crippen LogP contribution in [0.3, 0.4) is 0 Å². The van der Waals surface area contributed by atoms with E-state index >= 15 is 0 Å². The number of fused-ring (bicyclic) bond motifs is 1.